The van der Waals surface area contributed by atoms with Gasteiger partial charge in [-0.2, -0.15) is 0 Å². The smallest absolute Gasteiger partial charge is 0.483 e. The first-order chi connectivity index (χ1) is 12.2. The molecule has 0 radical (unpaired) electrons. The van der Waals surface area contributed by atoms with E-state index in [4.69, 9.17) is 4.74 Å². The quantitative estimate of drug-likeness (QED) is 0.539. The summed E-state index contributed by atoms with van der Waals surface area (Å²) >= 11 is 0. The SMILES string of the molecule is CC(C)(C)c1ccccc1NC(=O)COc1cccc(B(O)O)c1C=O. The van der Waals surface area contributed by atoms with Crippen LogP contribution in [0.1, 0.15) is 36.7 Å². The van der Waals surface area contributed by atoms with Crippen molar-refractivity contribution in [3.8, 4) is 5.75 Å². The monoisotopic (exact) mass is 355 g/mol. The molecule has 3 N–H and O–H groups in total. The van der Waals surface area contributed by atoms with E-state index in [2.05, 4.69) is 26.1 Å². The second-order valence-corrected chi connectivity index (χ2v) is 6.88. The maximum atomic E-state index is 12.3. The van der Waals surface area contributed by atoms with Crippen LogP contribution in [0, 0.1) is 0 Å². The largest absolute Gasteiger partial charge is 0.489 e. The minimum Gasteiger partial charge on any atom is -0.483 e. The van der Waals surface area contributed by atoms with E-state index >= 15 is 0 Å². The lowest BCUT2D eigenvalue weighted by Gasteiger charge is -2.23. The summed E-state index contributed by atoms with van der Waals surface area (Å²) in [5, 5.41) is 21.4. The lowest BCUT2D eigenvalue weighted by Crippen LogP contribution is -2.33. The van der Waals surface area contributed by atoms with Gasteiger partial charge in [-0.1, -0.05) is 51.1 Å². The molecule has 0 aliphatic heterocycles. The van der Waals surface area contributed by atoms with Crippen LogP contribution in [0.5, 0.6) is 5.75 Å². The van der Waals surface area contributed by atoms with Gasteiger partial charge in [0, 0.05) is 5.69 Å². The molecule has 2 aromatic carbocycles. The highest BCUT2D eigenvalue weighted by atomic mass is 16.5. The molecule has 0 saturated carbocycles. The lowest BCUT2D eigenvalue weighted by atomic mass is 9.77. The molecule has 0 atom stereocenters. The summed E-state index contributed by atoms with van der Waals surface area (Å²) in [5.74, 6) is -0.265. The van der Waals surface area contributed by atoms with Crippen LogP contribution in [0.4, 0.5) is 5.69 Å². The van der Waals surface area contributed by atoms with Gasteiger partial charge in [-0.3, -0.25) is 9.59 Å². The number of carbonyl (C=O) groups is 2. The van der Waals surface area contributed by atoms with Gasteiger partial charge < -0.3 is 20.1 Å². The van der Waals surface area contributed by atoms with Gasteiger partial charge in [-0.05, 0) is 28.6 Å². The van der Waals surface area contributed by atoms with Gasteiger partial charge in [0.25, 0.3) is 5.91 Å². The number of benzene rings is 2. The van der Waals surface area contributed by atoms with Crippen LogP contribution in [-0.4, -0.2) is 36.0 Å². The number of anilines is 1. The summed E-state index contributed by atoms with van der Waals surface area (Å²) in [6.45, 7) is 5.84. The van der Waals surface area contributed by atoms with Crippen molar-refractivity contribution < 1.29 is 24.4 Å². The van der Waals surface area contributed by atoms with Crippen molar-refractivity contribution in [2.24, 2.45) is 0 Å². The number of aldehydes is 1. The Kier molecular flexibility index (Phi) is 6.18. The van der Waals surface area contributed by atoms with Gasteiger partial charge in [0.15, 0.2) is 12.9 Å². The van der Waals surface area contributed by atoms with Crippen LogP contribution < -0.4 is 15.5 Å². The Bertz CT molecular complexity index is 799. The molecule has 1 amide bonds. The highest BCUT2D eigenvalue weighted by Crippen LogP contribution is 2.29. The summed E-state index contributed by atoms with van der Waals surface area (Å²) in [7, 11) is -1.80. The van der Waals surface area contributed by atoms with Crippen LogP contribution in [0.3, 0.4) is 0 Å². The number of carbonyl (C=O) groups excluding carboxylic acids is 2. The molecule has 0 aliphatic rings. The van der Waals surface area contributed by atoms with Crippen LogP contribution in [-0.2, 0) is 10.2 Å². The predicted octanol–water partition coefficient (Wildman–Crippen LogP) is 1.49. The first kappa shape index (κ1) is 19.7. The summed E-state index contributed by atoms with van der Waals surface area (Å²) in [6, 6.07) is 11.9. The number of hydrogen-bond donors (Lipinski definition) is 3. The van der Waals surface area contributed by atoms with Crippen LogP contribution in [0.15, 0.2) is 42.5 Å². The molecule has 6 nitrogen and oxygen atoms in total. The van der Waals surface area contributed by atoms with Crippen LogP contribution in [0.2, 0.25) is 0 Å². The van der Waals surface area contributed by atoms with Gasteiger partial charge in [0.2, 0.25) is 0 Å². The Labute approximate surface area is 153 Å². The standard InChI is InChI=1S/C19H22BNO5/c1-19(2,3)14-7-4-5-9-16(14)21-18(23)12-26-17-10-6-8-15(20(24)25)13(17)11-22/h4-11,24-25H,12H2,1-3H3,(H,21,23). The fourth-order valence-corrected chi connectivity index (χ4v) is 2.61. The molecule has 0 fully saturated rings. The molecule has 0 spiro atoms. The summed E-state index contributed by atoms with van der Waals surface area (Å²) in [6.07, 6.45) is 0.469. The number of hydrogen-bond acceptors (Lipinski definition) is 5. The molecule has 136 valence electrons. The van der Waals surface area contributed by atoms with Crippen molar-refractivity contribution in [3.05, 3.63) is 53.6 Å². The molecule has 2 aromatic rings. The van der Waals surface area contributed by atoms with Crippen molar-refractivity contribution in [3.63, 3.8) is 0 Å². The zero-order chi connectivity index (χ0) is 19.3. The zero-order valence-corrected chi connectivity index (χ0v) is 15.0. The fourth-order valence-electron chi connectivity index (χ4n) is 2.61. The lowest BCUT2D eigenvalue weighted by molar-refractivity contribution is -0.118. The first-order valence-corrected chi connectivity index (χ1v) is 8.20. The minimum atomic E-state index is -1.80. The molecule has 0 heterocycles. The van der Waals surface area contributed by atoms with Crippen molar-refractivity contribution in [1.82, 2.24) is 0 Å². The maximum Gasteiger partial charge on any atom is 0.489 e. The van der Waals surface area contributed by atoms with Crippen molar-refractivity contribution in [2.45, 2.75) is 26.2 Å². The Hall–Kier alpha value is -2.64. The number of ether oxygens (including phenoxy) is 1. The third-order valence-electron chi connectivity index (χ3n) is 3.86. The molecule has 0 aliphatic carbocycles. The Morgan fingerprint density at radius 3 is 2.46 bits per heavy atom. The number of amides is 1. The van der Waals surface area contributed by atoms with Gasteiger partial charge in [0.05, 0.1) is 5.56 Å². The summed E-state index contributed by atoms with van der Waals surface area (Å²) in [5.41, 5.74) is 1.58. The van der Waals surface area contributed by atoms with E-state index < -0.39 is 7.12 Å². The minimum absolute atomic E-state index is 0.00499. The molecule has 0 unspecified atom stereocenters. The van der Waals surface area contributed by atoms with Crippen molar-refractivity contribution >= 4 is 30.5 Å². The second kappa shape index (κ2) is 8.16. The zero-order valence-electron chi connectivity index (χ0n) is 15.0. The van der Waals surface area contributed by atoms with Crippen LogP contribution >= 0.6 is 0 Å². The normalized spacial score (nSPS) is 11.0. The van der Waals surface area contributed by atoms with Crippen molar-refractivity contribution in [1.29, 1.82) is 0 Å². The van der Waals surface area contributed by atoms with Crippen LogP contribution in [0.25, 0.3) is 0 Å². The van der Waals surface area contributed by atoms with Gasteiger partial charge >= 0.3 is 7.12 Å². The Morgan fingerprint density at radius 2 is 1.85 bits per heavy atom. The molecule has 0 saturated heterocycles. The van der Waals surface area contributed by atoms with Gasteiger partial charge in [0.1, 0.15) is 5.75 Å². The van der Waals surface area contributed by atoms with Gasteiger partial charge in [-0.15, -0.1) is 0 Å². The number of para-hydroxylation sites is 1. The molecular weight excluding hydrogens is 333 g/mol. The third kappa shape index (κ3) is 4.71. The highest BCUT2D eigenvalue weighted by Gasteiger charge is 2.21. The average molecular weight is 355 g/mol. The molecule has 0 bridgehead atoms. The van der Waals surface area contributed by atoms with Crippen molar-refractivity contribution in [2.75, 3.05) is 11.9 Å². The maximum absolute atomic E-state index is 12.3. The van der Waals surface area contributed by atoms with E-state index in [1.807, 2.05) is 24.3 Å². The Morgan fingerprint density at radius 1 is 1.15 bits per heavy atom. The molecular formula is C19H22BNO5. The van der Waals surface area contributed by atoms with E-state index in [-0.39, 0.29) is 34.7 Å². The second-order valence-electron chi connectivity index (χ2n) is 6.88. The number of rotatable bonds is 6. The fraction of sp³-hybridized carbons (Fsp3) is 0.263. The van der Waals surface area contributed by atoms with E-state index in [9.17, 15) is 19.6 Å². The molecule has 2 rings (SSSR count). The number of nitrogens with one attached hydrogen (secondary N) is 1. The molecule has 7 heteroatoms. The van der Waals surface area contributed by atoms with E-state index in [1.165, 1.54) is 18.2 Å². The summed E-state index contributed by atoms with van der Waals surface area (Å²) in [4.78, 5) is 23.5. The third-order valence-corrected chi connectivity index (χ3v) is 3.86. The Balaban J connectivity index is 2.12. The highest BCUT2D eigenvalue weighted by molar-refractivity contribution is 6.60. The molecule has 0 aromatic heterocycles. The summed E-state index contributed by atoms with van der Waals surface area (Å²) < 4.78 is 5.41. The topological polar surface area (TPSA) is 95.9 Å². The van der Waals surface area contributed by atoms with E-state index in [1.54, 1.807) is 0 Å². The van der Waals surface area contributed by atoms with E-state index in [0.29, 0.717) is 12.0 Å². The first-order valence-electron chi connectivity index (χ1n) is 8.20. The average Bonchev–Trinajstić information content (AvgIpc) is 2.59. The molecule has 26 heavy (non-hydrogen) atoms. The van der Waals surface area contributed by atoms with E-state index in [0.717, 1.165) is 5.56 Å². The predicted molar refractivity (Wildman–Crippen MR) is 101 cm³/mol. The van der Waals surface area contributed by atoms with Gasteiger partial charge in [-0.25, -0.2) is 0 Å².